The summed E-state index contributed by atoms with van der Waals surface area (Å²) in [7, 11) is 0. The van der Waals surface area contributed by atoms with Gasteiger partial charge in [0.2, 0.25) is 0 Å². The molecule has 6 heteroatoms. The van der Waals surface area contributed by atoms with Crippen molar-refractivity contribution in [3.05, 3.63) is 34.2 Å². The van der Waals surface area contributed by atoms with E-state index >= 15 is 0 Å². The first-order valence-electron chi connectivity index (χ1n) is 5.04. The number of benzene rings is 1. The molecule has 2 rings (SSSR count). The summed E-state index contributed by atoms with van der Waals surface area (Å²) in [6.45, 7) is 0.920. The van der Waals surface area contributed by atoms with Crippen molar-refractivity contribution in [2.24, 2.45) is 0 Å². The number of hydrogen-bond acceptors (Lipinski definition) is 3. The molecule has 90 valence electrons. The number of carboxylic acid groups (broad SMARTS) is 1. The molecular weight excluding hydrogens is 224 g/mol. The molecule has 0 fully saturated rings. The van der Waals surface area contributed by atoms with E-state index in [1.54, 1.807) is 18.2 Å². The van der Waals surface area contributed by atoms with Crippen LogP contribution in [-0.4, -0.2) is 32.8 Å². The number of aromatic nitrogens is 2. The minimum absolute atomic E-state index is 0.349. The Kier molecular flexibility index (Phi) is 2.51. The molecule has 0 aliphatic carbocycles. The molecule has 1 aromatic heterocycles. The first-order chi connectivity index (χ1) is 7.97. The largest absolute Gasteiger partial charge is 0.481 e. The lowest BCUT2D eigenvalue weighted by Crippen LogP contribution is -2.36. The molecule has 1 heterocycles. The van der Waals surface area contributed by atoms with Crippen LogP contribution in [0.15, 0.2) is 23.0 Å². The fourth-order valence-electron chi connectivity index (χ4n) is 1.66. The maximum atomic E-state index is 11.2. The van der Waals surface area contributed by atoms with Crippen molar-refractivity contribution >= 4 is 17.0 Å². The van der Waals surface area contributed by atoms with Gasteiger partial charge in [0.05, 0.1) is 17.6 Å². The van der Waals surface area contributed by atoms with E-state index in [0.29, 0.717) is 16.6 Å². The Balaban J connectivity index is 2.62. The predicted octanol–water partition coefficient (Wildman–Crippen LogP) is 0.191. The first kappa shape index (κ1) is 11.4. The zero-order valence-electron chi connectivity index (χ0n) is 9.15. The van der Waals surface area contributed by atoms with Gasteiger partial charge in [-0.2, -0.15) is 0 Å². The Labute approximate surface area is 95.9 Å². The number of carboxylic acids is 1. The van der Waals surface area contributed by atoms with E-state index in [2.05, 4.69) is 9.97 Å². The smallest absolute Gasteiger partial charge is 0.323 e. The third-order valence-electron chi connectivity index (χ3n) is 2.94. The molecule has 0 saturated heterocycles. The molecule has 0 radical (unpaired) electrons. The van der Waals surface area contributed by atoms with Crippen LogP contribution in [0.2, 0.25) is 0 Å². The number of aliphatic carboxylic acids is 1. The third kappa shape index (κ3) is 1.72. The number of aromatic amines is 2. The second-order valence-corrected chi connectivity index (χ2v) is 4.13. The van der Waals surface area contributed by atoms with Crippen LogP contribution < -0.4 is 5.69 Å². The van der Waals surface area contributed by atoms with Crippen LogP contribution in [0.25, 0.3) is 11.0 Å². The van der Waals surface area contributed by atoms with Crippen LogP contribution in [0.1, 0.15) is 12.5 Å². The number of rotatable bonds is 3. The van der Waals surface area contributed by atoms with Crippen molar-refractivity contribution in [2.75, 3.05) is 6.61 Å². The highest BCUT2D eigenvalue weighted by molar-refractivity contribution is 5.84. The summed E-state index contributed by atoms with van der Waals surface area (Å²) >= 11 is 0. The second kappa shape index (κ2) is 3.74. The Morgan fingerprint density at radius 3 is 2.59 bits per heavy atom. The van der Waals surface area contributed by atoms with Crippen molar-refractivity contribution in [1.29, 1.82) is 0 Å². The van der Waals surface area contributed by atoms with E-state index in [1.165, 1.54) is 6.92 Å². The zero-order chi connectivity index (χ0) is 12.6. The quantitative estimate of drug-likeness (QED) is 0.610. The summed E-state index contributed by atoms with van der Waals surface area (Å²) in [5.41, 5.74) is -0.159. The summed E-state index contributed by atoms with van der Waals surface area (Å²) in [4.78, 5) is 27.3. The molecule has 6 nitrogen and oxygen atoms in total. The van der Waals surface area contributed by atoms with Crippen molar-refractivity contribution < 1.29 is 15.0 Å². The highest BCUT2D eigenvalue weighted by Crippen LogP contribution is 2.25. The van der Waals surface area contributed by atoms with Gasteiger partial charge in [0.15, 0.2) is 0 Å². The molecule has 0 bridgehead atoms. The van der Waals surface area contributed by atoms with Gasteiger partial charge in [-0.05, 0) is 24.6 Å². The lowest BCUT2D eigenvalue weighted by atomic mass is 9.83. The highest BCUT2D eigenvalue weighted by atomic mass is 16.4. The van der Waals surface area contributed by atoms with E-state index in [-0.39, 0.29) is 5.69 Å². The molecule has 0 saturated carbocycles. The molecule has 4 N–H and O–H groups in total. The van der Waals surface area contributed by atoms with Crippen LogP contribution in [-0.2, 0) is 10.2 Å². The first-order valence-corrected chi connectivity index (χ1v) is 5.04. The summed E-state index contributed by atoms with van der Waals surface area (Å²) in [6.07, 6.45) is 0. The molecule has 0 spiro atoms. The number of carbonyl (C=O) groups is 1. The lowest BCUT2D eigenvalue weighted by molar-refractivity contribution is -0.144. The van der Waals surface area contributed by atoms with Crippen molar-refractivity contribution in [1.82, 2.24) is 9.97 Å². The number of aliphatic hydroxyl groups excluding tert-OH is 1. The van der Waals surface area contributed by atoms with Gasteiger partial charge >= 0.3 is 11.7 Å². The number of aliphatic hydroxyl groups is 1. The van der Waals surface area contributed by atoms with Gasteiger partial charge in [-0.25, -0.2) is 4.79 Å². The van der Waals surface area contributed by atoms with E-state index in [9.17, 15) is 14.7 Å². The van der Waals surface area contributed by atoms with Crippen molar-refractivity contribution in [3.63, 3.8) is 0 Å². The predicted molar refractivity (Wildman–Crippen MR) is 61.0 cm³/mol. The van der Waals surface area contributed by atoms with Crippen LogP contribution in [0.3, 0.4) is 0 Å². The lowest BCUT2D eigenvalue weighted by Gasteiger charge is -2.22. The van der Waals surface area contributed by atoms with Crippen LogP contribution in [0, 0.1) is 0 Å². The molecule has 1 atom stereocenters. The summed E-state index contributed by atoms with van der Waals surface area (Å²) in [6, 6.07) is 4.74. The SMILES string of the molecule is CC(CO)(C(=O)O)c1ccc2[nH]c(=O)[nH]c2c1. The van der Waals surface area contributed by atoms with Crippen LogP contribution in [0.4, 0.5) is 0 Å². The van der Waals surface area contributed by atoms with E-state index in [1.807, 2.05) is 0 Å². The maximum Gasteiger partial charge on any atom is 0.323 e. The Hall–Kier alpha value is -2.08. The van der Waals surface area contributed by atoms with Crippen LogP contribution >= 0.6 is 0 Å². The topological polar surface area (TPSA) is 106 Å². The molecule has 17 heavy (non-hydrogen) atoms. The number of imidazole rings is 1. The molecule has 2 aromatic rings. The second-order valence-electron chi connectivity index (χ2n) is 4.13. The van der Waals surface area contributed by atoms with Gasteiger partial charge in [0.1, 0.15) is 5.41 Å². The number of hydrogen-bond donors (Lipinski definition) is 4. The fourth-order valence-corrected chi connectivity index (χ4v) is 1.66. The molecule has 1 aromatic carbocycles. The fraction of sp³-hybridized carbons (Fsp3) is 0.273. The van der Waals surface area contributed by atoms with Crippen molar-refractivity contribution in [3.8, 4) is 0 Å². The zero-order valence-corrected chi connectivity index (χ0v) is 9.15. The molecular formula is C11H12N2O4. The summed E-state index contributed by atoms with van der Waals surface area (Å²) < 4.78 is 0. The third-order valence-corrected chi connectivity index (χ3v) is 2.94. The van der Waals surface area contributed by atoms with Gasteiger partial charge in [0.25, 0.3) is 0 Å². The molecule has 0 amide bonds. The average Bonchev–Trinajstić information content (AvgIpc) is 2.66. The van der Waals surface area contributed by atoms with Crippen molar-refractivity contribution in [2.45, 2.75) is 12.3 Å². The highest BCUT2D eigenvalue weighted by Gasteiger charge is 2.34. The average molecular weight is 236 g/mol. The summed E-state index contributed by atoms with van der Waals surface area (Å²) in [5, 5.41) is 18.3. The monoisotopic (exact) mass is 236 g/mol. The summed E-state index contributed by atoms with van der Waals surface area (Å²) in [5.74, 6) is -1.11. The Morgan fingerprint density at radius 1 is 1.35 bits per heavy atom. The van der Waals surface area contributed by atoms with Gasteiger partial charge < -0.3 is 20.2 Å². The minimum atomic E-state index is -1.37. The van der Waals surface area contributed by atoms with E-state index < -0.39 is 18.0 Å². The number of fused-ring (bicyclic) bond motifs is 1. The molecule has 0 aliphatic rings. The van der Waals surface area contributed by atoms with E-state index in [4.69, 9.17) is 5.11 Å². The molecule has 0 aliphatic heterocycles. The minimum Gasteiger partial charge on any atom is -0.481 e. The number of H-pyrrole nitrogens is 2. The number of nitrogens with one attached hydrogen (secondary N) is 2. The van der Waals surface area contributed by atoms with Crippen LogP contribution in [0.5, 0.6) is 0 Å². The Morgan fingerprint density at radius 2 is 2.00 bits per heavy atom. The van der Waals surface area contributed by atoms with E-state index in [0.717, 1.165) is 0 Å². The Bertz CT molecular complexity index is 628. The van der Waals surface area contributed by atoms with Gasteiger partial charge in [-0.15, -0.1) is 0 Å². The van der Waals surface area contributed by atoms with Gasteiger partial charge in [-0.1, -0.05) is 6.07 Å². The normalized spacial score (nSPS) is 14.7. The van der Waals surface area contributed by atoms with Gasteiger partial charge in [0, 0.05) is 0 Å². The maximum absolute atomic E-state index is 11.2. The standard InChI is InChI=1S/C11H12N2O4/c1-11(5-14,9(15)16)6-2-3-7-8(4-6)13-10(17)12-7/h2-4,14H,5H2,1H3,(H,15,16)(H2,12,13,17). The van der Waals surface area contributed by atoms with Gasteiger partial charge in [-0.3, -0.25) is 4.79 Å². The molecule has 1 unspecified atom stereocenters.